The van der Waals surface area contributed by atoms with Gasteiger partial charge in [-0.3, -0.25) is 4.79 Å². The van der Waals surface area contributed by atoms with Crippen molar-refractivity contribution in [1.82, 2.24) is 0 Å². The van der Waals surface area contributed by atoms with Gasteiger partial charge in [-0.25, -0.2) is 0 Å². The van der Waals surface area contributed by atoms with Crippen LogP contribution in [0, 0.1) is 0 Å². The first-order valence-electron chi connectivity index (χ1n) is 7.58. The van der Waals surface area contributed by atoms with Gasteiger partial charge in [0.1, 0.15) is 11.5 Å². The lowest BCUT2D eigenvalue weighted by Crippen LogP contribution is -2.28. The van der Waals surface area contributed by atoms with Gasteiger partial charge in [0.2, 0.25) is 0 Å². The molecule has 1 aromatic heterocycles. The monoisotopic (exact) mass is 319 g/mol. The number of anilines is 1. The third kappa shape index (κ3) is 3.93. The van der Waals surface area contributed by atoms with E-state index in [4.69, 9.17) is 4.42 Å². The van der Waals surface area contributed by atoms with Crippen molar-refractivity contribution >= 4 is 17.7 Å². The Labute approximate surface area is 140 Å². The van der Waals surface area contributed by atoms with Crippen molar-refractivity contribution in [1.29, 1.82) is 0 Å². The first kappa shape index (κ1) is 15.6. The molecule has 0 aliphatic carbocycles. The molecule has 0 spiro atoms. The zero-order valence-electron chi connectivity index (χ0n) is 13.0. The predicted octanol–water partition coefficient (Wildman–Crippen LogP) is 4.23. The van der Waals surface area contributed by atoms with Crippen LogP contribution in [0.3, 0.4) is 0 Å². The Morgan fingerprint density at radius 1 is 1.00 bits per heavy atom. The fraction of sp³-hybridized carbons (Fsp3) is 0.0500. The average Bonchev–Trinajstić information content (AvgIpc) is 3.13. The summed E-state index contributed by atoms with van der Waals surface area (Å²) in [5.74, 6) is 0.675. The Bertz CT molecular complexity index is 806. The largest absolute Gasteiger partial charge is 0.508 e. The van der Waals surface area contributed by atoms with Crippen LogP contribution in [0.25, 0.3) is 6.08 Å². The lowest BCUT2D eigenvalue weighted by molar-refractivity contribution is -0.114. The van der Waals surface area contributed by atoms with E-state index in [0.29, 0.717) is 18.0 Å². The van der Waals surface area contributed by atoms with Crippen LogP contribution in [0.4, 0.5) is 5.69 Å². The molecule has 0 fully saturated rings. The summed E-state index contributed by atoms with van der Waals surface area (Å²) in [6.45, 7) is 0.315. The Hall–Kier alpha value is -3.27. The second-order valence-corrected chi connectivity index (χ2v) is 5.26. The molecule has 2 aromatic carbocycles. The van der Waals surface area contributed by atoms with Crippen LogP contribution in [0.2, 0.25) is 0 Å². The quantitative estimate of drug-likeness (QED) is 0.716. The van der Waals surface area contributed by atoms with Crippen molar-refractivity contribution in [3.63, 3.8) is 0 Å². The number of furan rings is 1. The van der Waals surface area contributed by atoms with E-state index < -0.39 is 0 Å². The van der Waals surface area contributed by atoms with Crippen molar-refractivity contribution < 1.29 is 14.3 Å². The van der Waals surface area contributed by atoms with E-state index in [9.17, 15) is 9.90 Å². The zero-order chi connectivity index (χ0) is 16.8. The second kappa shape index (κ2) is 7.33. The summed E-state index contributed by atoms with van der Waals surface area (Å²) in [6.07, 6.45) is 4.89. The molecule has 24 heavy (non-hydrogen) atoms. The topological polar surface area (TPSA) is 53.7 Å². The minimum atomic E-state index is -0.166. The highest BCUT2D eigenvalue weighted by atomic mass is 16.3. The third-order valence-corrected chi connectivity index (χ3v) is 3.54. The minimum Gasteiger partial charge on any atom is -0.508 e. The van der Waals surface area contributed by atoms with Crippen LogP contribution >= 0.6 is 0 Å². The molecule has 3 rings (SSSR count). The van der Waals surface area contributed by atoms with Gasteiger partial charge in [-0.1, -0.05) is 30.3 Å². The fourth-order valence-corrected chi connectivity index (χ4v) is 2.31. The minimum absolute atomic E-state index is 0.156. The van der Waals surface area contributed by atoms with E-state index in [0.717, 1.165) is 5.56 Å². The van der Waals surface area contributed by atoms with Crippen molar-refractivity contribution in [3.8, 4) is 5.75 Å². The molecule has 4 heteroatoms. The molecule has 0 atom stereocenters. The van der Waals surface area contributed by atoms with Crippen molar-refractivity contribution in [2.75, 3.05) is 4.90 Å². The fourth-order valence-electron chi connectivity index (χ4n) is 2.31. The maximum absolute atomic E-state index is 12.7. The third-order valence-electron chi connectivity index (χ3n) is 3.54. The highest BCUT2D eigenvalue weighted by Crippen LogP contribution is 2.21. The first-order valence-corrected chi connectivity index (χ1v) is 7.58. The molecule has 0 bridgehead atoms. The molecule has 3 aromatic rings. The van der Waals surface area contributed by atoms with E-state index in [-0.39, 0.29) is 11.7 Å². The molecule has 0 radical (unpaired) electrons. The summed E-state index contributed by atoms with van der Waals surface area (Å²) in [7, 11) is 0. The molecule has 0 aliphatic heterocycles. The van der Waals surface area contributed by atoms with Crippen molar-refractivity contribution in [3.05, 3.63) is 90.4 Å². The molecule has 0 unspecified atom stereocenters. The van der Waals surface area contributed by atoms with Crippen LogP contribution in [0.1, 0.15) is 11.3 Å². The molecule has 0 saturated heterocycles. The summed E-state index contributed by atoms with van der Waals surface area (Å²) in [5, 5.41) is 9.45. The summed E-state index contributed by atoms with van der Waals surface area (Å²) in [5.41, 5.74) is 1.64. The van der Waals surface area contributed by atoms with Gasteiger partial charge in [-0.15, -0.1) is 0 Å². The van der Waals surface area contributed by atoms with E-state index in [1.807, 2.05) is 36.4 Å². The number of carbonyl (C=O) groups excluding carboxylic acids is 1. The van der Waals surface area contributed by atoms with Crippen LogP contribution < -0.4 is 4.90 Å². The van der Waals surface area contributed by atoms with Crippen LogP contribution in [0.5, 0.6) is 5.75 Å². The van der Waals surface area contributed by atoms with Gasteiger partial charge in [-0.2, -0.15) is 0 Å². The van der Waals surface area contributed by atoms with E-state index in [1.165, 1.54) is 6.08 Å². The SMILES string of the molecule is O=C(C=Cc1ccccc1)N(Cc1ccco1)c1ccc(O)cc1. The van der Waals surface area contributed by atoms with E-state index in [2.05, 4.69) is 0 Å². The number of amides is 1. The molecular formula is C20H17NO3. The van der Waals surface area contributed by atoms with Crippen LogP contribution in [-0.4, -0.2) is 11.0 Å². The number of aromatic hydroxyl groups is 1. The molecule has 1 heterocycles. The molecule has 4 nitrogen and oxygen atoms in total. The lowest BCUT2D eigenvalue weighted by atomic mass is 10.2. The molecule has 0 saturated carbocycles. The first-order chi connectivity index (χ1) is 11.7. The number of rotatable bonds is 5. The van der Waals surface area contributed by atoms with Crippen LogP contribution in [0.15, 0.2) is 83.5 Å². The average molecular weight is 319 g/mol. The summed E-state index contributed by atoms with van der Waals surface area (Å²) in [6, 6.07) is 19.8. The van der Waals surface area contributed by atoms with E-state index >= 15 is 0 Å². The van der Waals surface area contributed by atoms with Crippen molar-refractivity contribution in [2.24, 2.45) is 0 Å². The van der Waals surface area contributed by atoms with Gasteiger partial charge in [0.15, 0.2) is 0 Å². The van der Waals surface area contributed by atoms with Crippen LogP contribution in [-0.2, 0) is 11.3 Å². The maximum Gasteiger partial charge on any atom is 0.251 e. The smallest absolute Gasteiger partial charge is 0.251 e. The zero-order valence-corrected chi connectivity index (χ0v) is 13.0. The summed E-state index contributed by atoms with van der Waals surface area (Å²) >= 11 is 0. The molecule has 120 valence electrons. The Morgan fingerprint density at radius 3 is 2.42 bits per heavy atom. The second-order valence-electron chi connectivity index (χ2n) is 5.26. The number of benzene rings is 2. The Morgan fingerprint density at radius 2 is 1.75 bits per heavy atom. The predicted molar refractivity (Wildman–Crippen MR) is 93.5 cm³/mol. The normalized spacial score (nSPS) is 10.8. The summed E-state index contributed by atoms with van der Waals surface area (Å²) < 4.78 is 5.35. The number of phenols is 1. The number of nitrogens with zero attached hydrogens (tertiary/aromatic N) is 1. The molecule has 1 amide bonds. The molecule has 1 N–H and O–H groups in total. The van der Waals surface area contributed by atoms with Gasteiger partial charge in [0.25, 0.3) is 5.91 Å². The standard InChI is InChI=1S/C20H17NO3/c22-18-11-9-17(10-12-18)21(15-19-7-4-14-24-19)20(23)13-8-16-5-2-1-3-6-16/h1-14,22H,15H2. The molecule has 0 aliphatic rings. The Balaban J connectivity index is 1.84. The number of hydrogen-bond acceptors (Lipinski definition) is 3. The summed E-state index contributed by atoms with van der Waals surface area (Å²) in [4.78, 5) is 14.3. The van der Waals surface area contributed by atoms with E-state index in [1.54, 1.807) is 47.6 Å². The number of phenolic OH excluding ortho intramolecular Hbond substituents is 1. The highest BCUT2D eigenvalue weighted by molar-refractivity contribution is 6.03. The number of carbonyl (C=O) groups is 1. The van der Waals surface area contributed by atoms with Gasteiger partial charge in [-0.05, 0) is 48.0 Å². The van der Waals surface area contributed by atoms with Gasteiger partial charge < -0.3 is 14.4 Å². The van der Waals surface area contributed by atoms with Gasteiger partial charge in [0, 0.05) is 11.8 Å². The molecular weight excluding hydrogens is 302 g/mol. The van der Waals surface area contributed by atoms with Gasteiger partial charge >= 0.3 is 0 Å². The van der Waals surface area contributed by atoms with Gasteiger partial charge in [0.05, 0.1) is 12.8 Å². The Kier molecular flexibility index (Phi) is 4.77. The maximum atomic E-state index is 12.7. The number of hydrogen-bond donors (Lipinski definition) is 1. The lowest BCUT2D eigenvalue weighted by Gasteiger charge is -2.20. The highest BCUT2D eigenvalue weighted by Gasteiger charge is 2.15. The van der Waals surface area contributed by atoms with Crippen molar-refractivity contribution in [2.45, 2.75) is 6.54 Å².